The van der Waals surface area contributed by atoms with Crippen molar-refractivity contribution in [3.8, 4) is 0 Å². The molecule has 1 aliphatic rings. The van der Waals surface area contributed by atoms with Crippen LogP contribution in [0.3, 0.4) is 0 Å². The molecule has 0 radical (unpaired) electrons. The molecule has 1 aliphatic heterocycles. The average Bonchev–Trinajstić information content (AvgIpc) is 2.89. The van der Waals surface area contributed by atoms with E-state index in [1.807, 2.05) is 43.3 Å². The Labute approximate surface area is 143 Å². The monoisotopic (exact) mass is 372 g/mol. The maximum absolute atomic E-state index is 12.9. The molecule has 0 saturated carbocycles. The minimum atomic E-state index is -0.153. The highest BCUT2D eigenvalue weighted by Gasteiger charge is 2.29. The molecule has 118 valence electrons. The third kappa shape index (κ3) is 3.15. The topological polar surface area (TPSA) is 49.4 Å². The van der Waals surface area contributed by atoms with Crippen LogP contribution in [0.4, 0.5) is 11.4 Å². The Morgan fingerprint density at radius 1 is 1.22 bits per heavy atom. The van der Waals surface area contributed by atoms with Crippen molar-refractivity contribution in [3.63, 3.8) is 0 Å². The number of rotatable bonds is 2. The average molecular weight is 373 g/mol. The van der Waals surface area contributed by atoms with E-state index in [2.05, 4.69) is 21.2 Å². The molecule has 0 saturated heterocycles. The van der Waals surface area contributed by atoms with Crippen molar-refractivity contribution >= 4 is 39.1 Å². The molecule has 2 amide bonds. The van der Waals surface area contributed by atoms with E-state index in [-0.39, 0.29) is 11.8 Å². The Hall–Kier alpha value is -2.14. The number of amides is 2. The molecule has 0 unspecified atom stereocenters. The minimum absolute atomic E-state index is 0.0404. The fraction of sp³-hybridized carbons (Fsp3) is 0.222. The van der Waals surface area contributed by atoms with Gasteiger partial charge in [0, 0.05) is 23.5 Å². The van der Waals surface area contributed by atoms with Gasteiger partial charge in [-0.05, 0) is 43.2 Å². The summed E-state index contributed by atoms with van der Waals surface area (Å²) < 4.78 is 0.893. The third-order valence-corrected chi connectivity index (χ3v) is 4.31. The fourth-order valence-electron chi connectivity index (χ4n) is 2.93. The Kier molecular flexibility index (Phi) is 4.22. The van der Waals surface area contributed by atoms with Crippen LogP contribution in [0.5, 0.6) is 0 Å². The molecule has 5 heteroatoms. The molecule has 1 N–H and O–H groups in total. The van der Waals surface area contributed by atoms with E-state index in [0.717, 1.165) is 27.7 Å². The third-order valence-electron chi connectivity index (χ3n) is 3.85. The molecule has 0 fully saturated rings. The molecular weight excluding hydrogens is 356 g/mol. The zero-order chi connectivity index (χ0) is 16.6. The fourth-order valence-corrected chi connectivity index (χ4v) is 3.44. The van der Waals surface area contributed by atoms with Crippen molar-refractivity contribution in [2.24, 2.45) is 0 Å². The van der Waals surface area contributed by atoms with Gasteiger partial charge in [0.1, 0.15) is 0 Å². The van der Waals surface area contributed by atoms with Gasteiger partial charge in [0.25, 0.3) is 5.91 Å². The molecule has 23 heavy (non-hydrogen) atoms. The second-order valence-electron chi connectivity index (χ2n) is 5.72. The number of carbonyl (C=O) groups is 2. The van der Waals surface area contributed by atoms with Crippen LogP contribution >= 0.6 is 15.9 Å². The number of hydrogen-bond acceptors (Lipinski definition) is 2. The predicted molar refractivity (Wildman–Crippen MR) is 95.0 cm³/mol. The van der Waals surface area contributed by atoms with Crippen LogP contribution in [-0.4, -0.2) is 18.4 Å². The van der Waals surface area contributed by atoms with Gasteiger partial charge in [-0.1, -0.05) is 33.6 Å². The van der Waals surface area contributed by atoms with Crippen LogP contribution < -0.4 is 10.2 Å². The quantitative estimate of drug-likeness (QED) is 0.868. The first kappa shape index (κ1) is 15.7. The highest BCUT2D eigenvalue weighted by Crippen LogP contribution is 2.39. The van der Waals surface area contributed by atoms with Crippen molar-refractivity contribution in [2.45, 2.75) is 20.3 Å². The first-order valence-electron chi connectivity index (χ1n) is 7.44. The summed E-state index contributed by atoms with van der Waals surface area (Å²) >= 11 is 3.46. The van der Waals surface area contributed by atoms with E-state index in [1.54, 1.807) is 4.90 Å². The molecule has 0 aromatic heterocycles. The number of halogens is 1. The largest absolute Gasteiger partial charge is 0.324 e. The van der Waals surface area contributed by atoms with E-state index in [0.29, 0.717) is 17.8 Å². The van der Waals surface area contributed by atoms with Crippen LogP contribution in [0.15, 0.2) is 40.9 Å². The molecular formula is C18H17BrN2O2. The number of hydrogen-bond donors (Lipinski definition) is 1. The molecule has 2 aromatic carbocycles. The molecule has 1 heterocycles. The molecule has 0 spiro atoms. The maximum atomic E-state index is 12.9. The predicted octanol–water partition coefficient (Wildman–Crippen LogP) is 3.92. The second-order valence-corrected chi connectivity index (χ2v) is 6.63. The summed E-state index contributed by atoms with van der Waals surface area (Å²) in [7, 11) is 0. The molecule has 0 bridgehead atoms. The van der Waals surface area contributed by atoms with Gasteiger partial charge < -0.3 is 10.2 Å². The zero-order valence-electron chi connectivity index (χ0n) is 13.0. The first-order valence-corrected chi connectivity index (χ1v) is 8.23. The molecule has 0 aliphatic carbocycles. The molecule has 0 atom stereocenters. The van der Waals surface area contributed by atoms with Crippen molar-refractivity contribution in [2.75, 3.05) is 16.8 Å². The smallest absolute Gasteiger partial charge is 0.258 e. The van der Waals surface area contributed by atoms with Gasteiger partial charge in [0.05, 0.1) is 11.4 Å². The summed E-state index contributed by atoms with van der Waals surface area (Å²) in [6.45, 7) is 4.05. The Morgan fingerprint density at radius 2 is 2.00 bits per heavy atom. The lowest BCUT2D eigenvalue weighted by atomic mass is 10.1. The number of anilines is 2. The van der Waals surface area contributed by atoms with E-state index < -0.39 is 0 Å². The van der Waals surface area contributed by atoms with E-state index in [1.165, 1.54) is 6.92 Å². The Bertz CT molecular complexity index is 802. The number of nitrogens with one attached hydrogen (secondary N) is 1. The summed E-state index contributed by atoms with van der Waals surface area (Å²) in [6.07, 6.45) is 0.777. The summed E-state index contributed by atoms with van der Waals surface area (Å²) in [5.41, 5.74) is 4.24. The normalized spacial score (nSPS) is 12.9. The van der Waals surface area contributed by atoms with E-state index >= 15 is 0 Å². The van der Waals surface area contributed by atoms with Crippen LogP contribution in [0.2, 0.25) is 0 Å². The van der Waals surface area contributed by atoms with Gasteiger partial charge >= 0.3 is 0 Å². The van der Waals surface area contributed by atoms with Gasteiger partial charge in [-0.25, -0.2) is 0 Å². The van der Waals surface area contributed by atoms with Crippen LogP contribution in [0, 0.1) is 6.92 Å². The standard InChI is InChI=1S/C18H17BrN2O2/c1-11-4-3-5-14(8-11)18(23)21-7-6-13-9-15(19)10-16(17(13)21)20-12(2)22/h3-5,8-10H,6-7H2,1-2H3,(H,20,22). The second kappa shape index (κ2) is 6.16. The summed E-state index contributed by atoms with van der Waals surface area (Å²) in [5, 5.41) is 2.83. The Morgan fingerprint density at radius 3 is 2.70 bits per heavy atom. The molecule has 4 nitrogen and oxygen atoms in total. The highest BCUT2D eigenvalue weighted by molar-refractivity contribution is 9.10. The van der Waals surface area contributed by atoms with Gasteiger partial charge in [-0.3, -0.25) is 9.59 Å². The van der Waals surface area contributed by atoms with Crippen LogP contribution in [0.1, 0.15) is 28.4 Å². The lowest BCUT2D eigenvalue weighted by molar-refractivity contribution is -0.114. The van der Waals surface area contributed by atoms with Gasteiger partial charge in [0.2, 0.25) is 5.91 Å². The van der Waals surface area contributed by atoms with E-state index in [9.17, 15) is 9.59 Å². The zero-order valence-corrected chi connectivity index (χ0v) is 14.6. The summed E-state index contributed by atoms with van der Waals surface area (Å²) in [6, 6.07) is 11.4. The lowest BCUT2D eigenvalue weighted by Crippen LogP contribution is -2.29. The van der Waals surface area contributed by atoms with Crippen LogP contribution in [0.25, 0.3) is 0 Å². The van der Waals surface area contributed by atoms with Crippen molar-refractivity contribution in [3.05, 3.63) is 57.6 Å². The summed E-state index contributed by atoms with van der Waals surface area (Å²) in [4.78, 5) is 26.1. The molecule has 2 aromatic rings. The number of benzene rings is 2. The van der Waals surface area contributed by atoms with Crippen molar-refractivity contribution in [1.29, 1.82) is 0 Å². The molecule has 3 rings (SSSR count). The first-order chi connectivity index (χ1) is 11.0. The summed E-state index contributed by atoms with van der Waals surface area (Å²) in [5.74, 6) is -0.193. The SMILES string of the molecule is CC(=O)Nc1cc(Br)cc2c1N(C(=O)c1cccc(C)c1)CC2. The number of aryl methyl sites for hydroxylation is 1. The van der Waals surface area contributed by atoms with Gasteiger partial charge in [-0.2, -0.15) is 0 Å². The van der Waals surface area contributed by atoms with Crippen LogP contribution in [-0.2, 0) is 11.2 Å². The van der Waals surface area contributed by atoms with Crippen molar-refractivity contribution < 1.29 is 9.59 Å². The number of nitrogens with zero attached hydrogens (tertiary/aromatic N) is 1. The van der Waals surface area contributed by atoms with E-state index in [4.69, 9.17) is 0 Å². The number of carbonyl (C=O) groups excluding carboxylic acids is 2. The number of fused-ring (bicyclic) bond motifs is 1. The highest BCUT2D eigenvalue weighted by atomic mass is 79.9. The minimum Gasteiger partial charge on any atom is -0.324 e. The van der Waals surface area contributed by atoms with Crippen molar-refractivity contribution in [1.82, 2.24) is 0 Å². The Balaban J connectivity index is 2.03. The van der Waals surface area contributed by atoms with Gasteiger partial charge in [0.15, 0.2) is 0 Å². The van der Waals surface area contributed by atoms with Gasteiger partial charge in [-0.15, -0.1) is 0 Å². The lowest BCUT2D eigenvalue weighted by Gasteiger charge is -2.21. The maximum Gasteiger partial charge on any atom is 0.258 e.